The number of nitrogens with zero attached hydrogens (tertiary/aromatic N) is 3. The minimum absolute atomic E-state index is 0.0329. The first kappa shape index (κ1) is 17.9. The Morgan fingerprint density at radius 3 is 2.56 bits per heavy atom. The van der Waals surface area contributed by atoms with Crippen molar-refractivity contribution >= 4 is 39.8 Å². The fraction of sp³-hybridized carbons (Fsp3) is 0.200. The molecule has 1 aromatic carbocycles. The molecule has 0 aliphatic carbocycles. The number of aromatic nitrogens is 1. The van der Waals surface area contributed by atoms with Gasteiger partial charge in [-0.1, -0.05) is 12.1 Å². The molecule has 138 valence electrons. The summed E-state index contributed by atoms with van der Waals surface area (Å²) in [4.78, 5) is 22.9. The number of rotatable bonds is 4. The van der Waals surface area contributed by atoms with Gasteiger partial charge in [0.1, 0.15) is 5.82 Å². The maximum absolute atomic E-state index is 13.0. The molecule has 7 heteroatoms. The minimum Gasteiger partial charge on any atom is -0.345 e. The highest BCUT2D eigenvalue weighted by atomic mass is 32.1. The molecular formula is C20H18FN3OS2. The maximum atomic E-state index is 13.0. The van der Waals surface area contributed by atoms with Gasteiger partial charge in [-0.15, -0.1) is 22.7 Å². The van der Waals surface area contributed by atoms with E-state index >= 15 is 0 Å². The molecule has 4 rings (SSSR count). The standard InChI is InChI=1S/C20H18FN3OS2/c21-16-3-1-15(2-4-16)18-7-5-17(27-18)6-8-19(25)23-10-12-24(13-11-23)20-22-9-14-26-20/h1-9,14H,10-13H2/b8-6+. The number of hydrogen-bond donors (Lipinski definition) is 0. The number of carbonyl (C=O) groups excluding carboxylic acids is 1. The van der Waals surface area contributed by atoms with Crippen LogP contribution >= 0.6 is 22.7 Å². The summed E-state index contributed by atoms with van der Waals surface area (Å²) in [6.07, 6.45) is 5.30. The van der Waals surface area contributed by atoms with Crippen LogP contribution < -0.4 is 4.90 Å². The predicted molar refractivity (Wildman–Crippen MR) is 110 cm³/mol. The van der Waals surface area contributed by atoms with E-state index in [4.69, 9.17) is 0 Å². The number of carbonyl (C=O) groups is 1. The van der Waals surface area contributed by atoms with Gasteiger partial charge in [0.25, 0.3) is 0 Å². The number of anilines is 1. The number of hydrogen-bond acceptors (Lipinski definition) is 5. The van der Waals surface area contributed by atoms with Gasteiger partial charge in [-0.05, 0) is 35.9 Å². The van der Waals surface area contributed by atoms with Crippen LogP contribution in [0.5, 0.6) is 0 Å². The first-order valence-corrected chi connectivity index (χ1v) is 10.4. The average molecular weight is 400 g/mol. The van der Waals surface area contributed by atoms with E-state index < -0.39 is 0 Å². The van der Waals surface area contributed by atoms with Crippen molar-refractivity contribution < 1.29 is 9.18 Å². The van der Waals surface area contributed by atoms with Crippen LogP contribution in [0.25, 0.3) is 16.5 Å². The van der Waals surface area contributed by atoms with Gasteiger partial charge in [-0.25, -0.2) is 9.37 Å². The van der Waals surface area contributed by atoms with E-state index in [0.29, 0.717) is 13.1 Å². The van der Waals surface area contributed by atoms with Crippen molar-refractivity contribution in [2.75, 3.05) is 31.1 Å². The highest BCUT2D eigenvalue weighted by Crippen LogP contribution is 2.29. The summed E-state index contributed by atoms with van der Waals surface area (Å²) in [5.41, 5.74) is 0.977. The summed E-state index contributed by atoms with van der Waals surface area (Å²) < 4.78 is 13.0. The number of amides is 1. The molecule has 1 amide bonds. The molecule has 0 atom stereocenters. The molecule has 27 heavy (non-hydrogen) atoms. The van der Waals surface area contributed by atoms with Crippen molar-refractivity contribution in [1.82, 2.24) is 9.88 Å². The molecule has 0 spiro atoms. The Kier molecular flexibility index (Phi) is 5.31. The van der Waals surface area contributed by atoms with Gasteiger partial charge in [-0.2, -0.15) is 0 Å². The Hall–Kier alpha value is -2.51. The maximum Gasteiger partial charge on any atom is 0.246 e. The van der Waals surface area contributed by atoms with Crippen LogP contribution in [-0.2, 0) is 4.79 Å². The highest BCUT2D eigenvalue weighted by Gasteiger charge is 2.20. The lowest BCUT2D eigenvalue weighted by Crippen LogP contribution is -2.48. The van der Waals surface area contributed by atoms with Crippen LogP contribution in [0.4, 0.5) is 9.52 Å². The van der Waals surface area contributed by atoms with E-state index in [-0.39, 0.29) is 11.7 Å². The zero-order chi connectivity index (χ0) is 18.6. The third-order valence-electron chi connectivity index (χ3n) is 4.43. The topological polar surface area (TPSA) is 36.4 Å². The van der Waals surface area contributed by atoms with Crippen molar-refractivity contribution in [2.45, 2.75) is 0 Å². The third-order valence-corrected chi connectivity index (χ3v) is 6.36. The molecule has 0 bridgehead atoms. The van der Waals surface area contributed by atoms with E-state index in [0.717, 1.165) is 33.5 Å². The largest absolute Gasteiger partial charge is 0.345 e. The second kappa shape index (κ2) is 8.02. The van der Waals surface area contributed by atoms with Crippen LogP contribution in [0.15, 0.2) is 54.1 Å². The minimum atomic E-state index is -0.240. The van der Waals surface area contributed by atoms with Gasteiger partial charge < -0.3 is 9.80 Å². The molecule has 4 nitrogen and oxygen atoms in total. The molecule has 1 fully saturated rings. The zero-order valence-corrected chi connectivity index (χ0v) is 16.2. The van der Waals surface area contributed by atoms with Crippen LogP contribution in [0, 0.1) is 5.82 Å². The second-order valence-electron chi connectivity index (χ2n) is 6.17. The molecule has 0 radical (unpaired) electrons. The van der Waals surface area contributed by atoms with Gasteiger partial charge in [0.15, 0.2) is 5.13 Å². The SMILES string of the molecule is O=C(/C=C/c1ccc(-c2ccc(F)cc2)s1)N1CCN(c2nccs2)CC1. The average Bonchev–Trinajstić information content (AvgIpc) is 3.39. The smallest absolute Gasteiger partial charge is 0.246 e. The van der Waals surface area contributed by atoms with Crippen molar-refractivity contribution in [3.63, 3.8) is 0 Å². The van der Waals surface area contributed by atoms with Gasteiger partial charge >= 0.3 is 0 Å². The fourth-order valence-electron chi connectivity index (χ4n) is 2.96. The van der Waals surface area contributed by atoms with Crippen molar-refractivity contribution in [1.29, 1.82) is 0 Å². The number of piperazine rings is 1. The molecule has 3 heterocycles. The van der Waals surface area contributed by atoms with Gasteiger partial charge in [0.05, 0.1) is 0 Å². The second-order valence-corrected chi connectivity index (χ2v) is 8.16. The fourth-order valence-corrected chi connectivity index (χ4v) is 4.57. The quantitative estimate of drug-likeness (QED) is 0.611. The first-order chi connectivity index (χ1) is 13.2. The Morgan fingerprint density at radius 1 is 1.07 bits per heavy atom. The van der Waals surface area contributed by atoms with Crippen molar-refractivity contribution in [2.24, 2.45) is 0 Å². The lowest BCUT2D eigenvalue weighted by Gasteiger charge is -2.34. The lowest BCUT2D eigenvalue weighted by atomic mass is 10.2. The summed E-state index contributed by atoms with van der Waals surface area (Å²) in [6, 6.07) is 10.4. The van der Waals surface area contributed by atoms with Crippen LogP contribution in [0.3, 0.4) is 0 Å². The van der Waals surface area contributed by atoms with E-state index in [1.165, 1.54) is 12.1 Å². The summed E-state index contributed by atoms with van der Waals surface area (Å²) >= 11 is 3.21. The van der Waals surface area contributed by atoms with Gasteiger partial charge in [-0.3, -0.25) is 4.79 Å². The van der Waals surface area contributed by atoms with Crippen LogP contribution in [0.1, 0.15) is 4.88 Å². The van der Waals surface area contributed by atoms with E-state index in [9.17, 15) is 9.18 Å². The van der Waals surface area contributed by atoms with E-state index in [1.54, 1.807) is 40.9 Å². The monoisotopic (exact) mass is 399 g/mol. The van der Waals surface area contributed by atoms with E-state index in [1.807, 2.05) is 34.7 Å². The molecule has 1 aliphatic heterocycles. The molecule has 1 saturated heterocycles. The predicted octanol–water partition coefficient (Wildman–Crippen LogP) is 4.37. The third kappa shape index (κ3) is 4.26. The Labute approximate surface area is 165 Å². The molecule has 0 N–H and O–H groups in total. The number of thiophene rings is 1. The Bertz CT molecular complexity index is 927. The Balaban J connectivity index is 1.34. The van der Waals surface area contributed by atoms with Gasteiger partial charge in [0.2, 0.25) is 5.91 Å². The zero-order valence-electron chi connectivity index (χ0n) is 14.5. The highest BCUT2D eigenvalue weighted by molar-refractivity contribution is 7.16. The van der Waals surface area contributed by atoms with Crippen molar-refractivity contribution in [3.8, 4) is 10.4 Å². The first-order valence-electron chi connectivity index (χ1n) is 8.66. The van der Waals surface area contributed by atoms with E-state index in [2.05, 4.69) is 9.88 Å². The lowest BCUT2D eigenvalue weighted by molar-refractivity contribution is -0.126. The van der Waals surface area contributed by atoms with Crippen LogP contribution in [0.2, 0.25) is 0 Å². The molecule has 0 unspecified atom stereocenters. The molecular weight excluding hydrogens is 381 g/mol. The number of halogens is 1. The summed E-state index contributed by atoms with van der Waals surface area (Å²) in [6.45, 7) is 3.02. The summed E-state index contributed by atoms with van der Waals surface area (Å²) in [5.74, 6) is -0.207. The van der Waals surface area contributed by atoms with Gasteiger partial charge in [0, 0.05) is 53.6 Å². The summed E-state index contributed by atoms with van der Waals surface area (Å²) in [5, 5.41) is 2.99. The number of thiazole rings is 1. The molecule has 3 aromatic rings. The normalized spacial score (nSPS) is 14.9. The molecule has 2 aromatic heterocycles. The molecule has 1 aliphatic rings. The number of benzene rings is 1. The summed E-state index contributed by atoms with van der Waals surface area (Å²) in [7, 11) is 0. The molecule has 0 saturated carbocycles. The van der Waals surface area contributed by atoms with Crippen molar-refractivity contribution in [3.05, 3.63) is 64.7 Å². The van der Waals surface area contributed by atoms with Crippen LogP contribution in [-0.4, -0.2) is 42.0 Å². The Morgan fingerprint density at radius 2 is 1.85 bits per heavy atom.